The average Bonchev–Trinajstić information content (AvgIpc) is 3.21. The van der Waals surface area contributed by atoms with E-state index in [2.05, 4.69) is 20.9 Å². The van der Waals surface area contributed by atoms with E-state index in [1.54, 1.807) is 27.7 Å². The molecule has 1 aromatic carbocycles. The van der Waals surface area contributed by atoms with Gasteiger partial charge in [-0.05, 0) is 65.2 Å². The number of alkyl carbamates (subject to hydrolysis) is 1. The Morgan fingerprint density at radius 2 is 1.77 bits per heavy atom. The van der Waals surface area contributed by atoms with Crippen molar-refractivity contribution in [3.8, 4) is 0 Å². The quantitative estimate of drug-likeness (QED) is 0.584. The molecule has 31 heavy (non-hydrogen) atoms. The van der Waals surface area contributed by atoms with Gasteiger partial charge in [0.2, 0.25) is 11.8 Å². The van der Waals surface area contributed by atoms with Gasteiger partial charge in [0.25, 0.3) is 0 Å². The van der Waals surface area contributed by atoms with Gasteiger partial charge in [0, 0.05) is 24.5 Å². The molecular formula is C23H36N4O4. The molecule has 1 unspecified atom stereocenters. The van der Waals surface area contributed by atoms with Crippen LogP contribution in [-0.2, 0) is 14.3 Å². The first-order valence-electron chi connectivity index (χ1n) is 11.0. The summed E-state index contributed by atoms with van der Waals surface area (Å²) >= 11 is 0. The number of carbonyl (C=O) groups excluding carboxylic acids is 3. The van der Waals surface area contributed by atoms with Gasteiger partial charge in [-0.15, -0.1) is 0 Å². The minimum atomic E-state index is -0.833. The summed E-state index contributed by atoms with van der Waals surface area (Å²) in [6.45, 7) is 10.8. The lowest BCUT2D eigenvalue weighted by atomic mass is 10.1. The minimum Gasteiger partial charge on any atom is -0.444 e. The molecule has 8 nitrogen and oxygen atoms in total. The Hall–Kier alpha value is -2.77. The number of anilines is 2. The highest BCUT2D eigenvalue weighted by atomic mass is 16.6. The van der Waals surface area contributed by atoms with Gasteiger partial charge < -0.3 is 25.6 Å². The lowest BCUT2D eigenvalue weighted by molar-refractivity contribution is -0.127. The van der Waals surface area contributed by atoms with E-state index in [-0.39, 0.29) is 5.91 Å². The van der Waals surface area contributed by atoms with Gasteiger partial charge in [0.15, 0.2) is 0 Å². The summed E-state index contributed by atoms with van der Waals surface area (Å²) in [5, 5.41) is 8.16. The summed E-state index contributed by atoms with van der Waals surface area (Å²) in [7, 11) is 0. The number of nitrogens with one attached hydrogen (secondary N) is 3. The van der Waals surface area contributed by atoms with Crippen molar-refractivity contribution in [1.29, 1.82) is 0 Å². The first kappa shape index (κ1) is 24.5. The maximum Gasteiger partial charge on any atom is 0.408 e. The molecule has 0 bridgehead atoms. The standard InChI is InChI=1S/C23H36N4O4/c1-6-10-19(26-20(28)16(2)24-22(30)31-23(3,4)5)21(29)25-17-11-9-12-18(15-17)27-13-7-8-14-27/h9,11-12,15-16,19H,6-8,10,13-14H2,1-5H3,(H,24,30)(H,25,29)(H,26,28)/t16-,19?/m1/s1. The van der Waals surface area contributed by atoms with Crippen molar-refractivity contribution in [2.75, 3.05) is 23.3 Å². The fraction of sp³-hybridized carbons (Fsp3) is 0.609. The highest BCUT2D eigenvalue weighted by Crippen LogP contribution is 2.23. The third-order valence-corrected chi connectivity index (χ3v) is 4.92. The predicted octanol–water partition coefficient (Wildman–Crippen LogP) is 3.42. The second-order valence-corrected chi connectivity index (χ2v) is 8.95. The van der Waals surface area contributed by atoms with Crippen LogP contribution in [0.3, 0.4) is 0 Å². The van der Waals surface area contributed by atoms with Crippen molar-refractivity contribution in [2.24, 2.45) is 0 Å². The summed E-state index contributed by atoms with van der Waals surface area (Å²) in [5.74, 6) is -0.719. The van der Waals surface area contributed by atoms with Crippen LogP contribution in [0.1, 0.15) is 60.3 Å². The van der Waals surface area contributed by atoms with Gasteiger partial charge in [0.05, 0.1) is 0 Å². The summed E-state index contributed by atoms with van der Waals surface area (Å²) in [5.41, 5.74) is 1.13. The van der Waals surface area contributed by atoms with Crippen molar-refractivity contribution in [1.82, 2.24) is 10.6 Å². The Kier molecular flexibility index (Phi) is 8.71. The zero-order chi connectivity index (χ0) is 23.0. The van der Waals surface area contributed by atoms with E-state index in [4.69, 9.17) is 4.74 Å². The predicted molar refractivity (Wildman–Crippen MR) is 122 cm³/mol. The number of ether oxygens (including phenoxy) is 1. The molecule has 1 aromatic rings. The van der Waals surface area contributed by atoms with Crippen LogP contribution in [0.4, 0.5) is 16.2 Å². The van der Waals surface area contributed by atoms with E-state index in [0.29, 0.717) is 12.1 Å². The van der Waals surface area contributed by atoms with Crippen molar-refractivity contribution < 1.29 is 19.1 Å². The van der Waals surface area contributed by atoms with Gasteiger partial charge in [-0.1, -0.05) is 19.4 Å². The van der Waals surface area contributed by atoms with Crippen molar-refractivity contribution >= 4 is 29.3 Å². The maximum absolute atomic E-state index is 12.9. The first-order chi connectivity index (χ1) is 14.6. The Labute approximate surface area is 185 Å². The van der Waals surface area contributed by atoms with Crippen LogP contribution < -0.4 is 20.9 Å². The van der Waals surface area contributed by atoms with Crippen molar-refractivity contribution in [3.05, 3.63) is 24.3 Å². The van der Waals surface area contributed by atoms with Crippen LogP contribution in [0.15, 0.2) is 24.3 Å². The Balaban J connectivity index is 1.96. The van der Waals surface area contributed by atoms with E-state index in [0.717, 1.165) is 25.2 Å². The van der Waals surface area contributed by atoms with E-state index in [9.17, 15) is 14.4 Å². The van der Waals surface area contributed by atoms with Crippen LogP contribution in [0, 0.1) is 0 Å². The van der Waals surface area contributed by atoms with Crippen LogP contribution in [0.5, 0.6) is 0 Å². The second-order valence-electron chi connectivity index (χ2n) is 8.95. The molecule has 0 radical (unpaired) electrons. The highest BCUT2D eigenvalue weighted by molar-refractivity contribution is 5.98. The number of hydrogen-bond donors (Lipinski definition) is 3. The van der Waals surface area contributed by atoms with Gasteiger partial charge >= 0.3 is 6.09 Å². The molecule has 0 spiro atoms. The molecule has 2 atom stereocenters. The maximum atomic E-state index is 12.9. The molecule has 3 amide bonds. The molecule has 0 aromatic heterocycles. The molecule has 3 N–H and O–H groups in total. The molecule has 1 heterocycles. The second kappa shape index (κ2) is 11.0. The molecule has 1 aliphatic rings. The lowest BCUT2D eigenvalue weighted by Crippen LogP contribution is -2.52. The molecule has 2 rings (SSSR count). The van der Waals surface area contributed by atoms with Gasteiger partial charge in [0.1, 0.15) is 17.7 Å². The van der Waals surface area contributed by atoms with Crippen LogP contribution >= 0.6 is 0 Å². The number of nitrogens with zero attached hydrogens (tertiary/aromatic N) is 1. The van der Waals surface area contributed by atoms with E-state index in [1.165, 1.54) is 12.8 Å². The number of benzene rings is 1. The topological polar surface area (TPSA) is 99.8 Å². The fourth-order valence-electron chi connectivity index (χ4n) is 3.39. The largest absolute Gasteiger partial charge is 0.444 e. The molecule has 8 heteroatoms. The Morgan fingerprint density at radius 3 is 2.39 bits per heavy atom. The summed E-state index contributed by atoms with van der Waals surface area (Å²) < 4.78 is 5.18. The summed E-state index contributed by atoms with van der Waals surface area (Å²) in [4.78, 5) is 39.6. The monoisotopic (exact) mass is 432 g/mol. The van der Waals surface area contributed by atoms with E-state index < -0.39 is 29.7 Å². The zero-order valence-corrected chi connectivity index (χ0v) is 19.3. The number of hydrogen-bond acceptors (Lipinski definition) is 5. The SMILES string of the molecule is CCCC(NC(=O)[C@@H](C)NC(=O)OC(C)(C)C)C(=O)Nc1cccc(N2CCCC2)c1. The van der Waals surface area contributed by atoms with Crippen molar-refractivity contribution in [3.63, 3.8) is 0 Å². The Morgan fingerprint density at radius 1 is 1.10 bits per heavy atom. The van der Waals surface area contributed by atoms with E-state index in [1.807, 2.05) is 31.2 Å². The third kappa shape index (κ3) is 8.11. The molecule has 1 fully saturated rings. The normalized spacial score (nSPS) is 15.7. The number of carbonyl (C=O) groups is 3. The third-order valence-electron chi connectivity index (χ3n) is 4.92. The first-order valence-corrected chi connectivity index (χ1v) is 11.0. The summed E-state index contributed by atoms with van der Waals surface area (Å²) in [6.07, 6.45) is 2.89. The average molecular weight is 433 g/mol. The molecule has 0 saturated carbocycles. The smallest absolute Gasteiger partial charge is 0.408 e. The van der Waals surface area contributed by atoms with Gasteiger partial charge in [-0.3, -0.25) is 9.59 Å². The highest BCUT2D eigenvalue weighted by Gasteiger charge is 2.25. The molecular weight excluding hydrogens is 396 g/mol. The zero-order valence-electron chi connectivity index (χ0n) is 19.3. The fourth-order valence-corrected chi connectivity index (χ4v) is 3.39. The van der Waals surface area contributed by atoms with E-state index >= 15 is 0 Å². The van der Waals surface area contributed by atoms with Gasteiger partial charge in [-0.25, -0.2) is 4.79 Å². The molecule has 172 valence electrons. The summed E-state index contributed by atoms with van der Waals surface area (Å²) in [6, 6.07) is 6.23. The van der Waals surface area contributed by atoms with Crippen molar-refractivity contribution in [2.45, 2.75) is 78.0 Å². The minimum absolute atomic E-state index is 0.279. The molecule has 0 aliphatic carbocycles. The molecule has 1 saturated heterocycles. The number of amides is 3. The molecule has 1 aliphatic heterocycles. The Bertz CT molecular complexity index is 769. The van der Waals surface area contributed by atoms with Crippen LogP contribution in [0.25, 0.3) is 0 Å². The van der Waals surface area contributed by atoms with Crippen LogP contribution in [0.2, 0.25) is 0 Å². The number of rotatable bonds is 8. The van der Waals surface area contributed by atoms with Crippen LogP contribution in [-0.4, -0.2) is 48.7 Å². The lowest BCUT2D eigenvalue weighted by Gasteiger charge is -2.23. The van der Waals surface area contributed by atoms with Gasteiger partial charge in [-0.2, -0.15) is 0 Å².